The van der Waals surface area contributed by atoms with Crippen molar-refractivity contribution in [3.05, 3.63) is 72.0 Å². The number of fused-ring (bicyclic) bond motifs is 1. The van der Waals surface area contributed by atoms with Crippen LogP contribution in [0.3, 0.4) is 0 Å². The van der Waals surface area contributed by atoms with Crippen LogP contribution in [0.2, 0.25) is 0 Å². The van der Waals surface area contributed by atoms with E-state index in [4.69, 9.17) is 23.4 Å². The second-order valence-electron chi connectivity index (χ2n) is 8.34. The molecule has 4 aromatic rings. The molecule has 0 atom stereocenters. The largest absolute Gasteiger partial charge is 0.493 e. The normalized spacial score (nSPS) is 12.7. The SMILES string of the molecule is COc1ccc(CCNc2oc(-c3ccc(F)cc3)nc2S(=O)(=O)c2ccc3c(c2)OCCO3)cc1OC. The molecule has 1 N–H and O–H groups in total. The number of hydrogen-bond donors (Lipinski definition) is 1. The second-order valence-corrected chi connectivity index (χ2v) is 10.2. The van der Waals surface area contributed by atoms with Crippen molar-refractivity contribution >= 4 is 15.7 Å². The number of oxazole rings is 1. The van der Waals surface area contributed by atoms with Crippen LogP contribution in [0.15, 0.2) is 75.0 Å². The number of rotatable bonds is 9. The van der Waals surface area contributed by atoms with Crippen LogP contribution in [-0.2, 0) is 16.3 Å². The standard InChI is InChI=1S/C27H25FN2O7S/c1-33-21-9-3-17(15-23(21)34-2)11-12-29-26-27(30-25(37-26)18-4-6-19(28)7-5-18)38(31,32)20-8-10-22-24(16-20)36-14-13-35-22/h3-10,15-16,29H,11-14H2,1-2H3. The van der Waals surface area contributed by atoms with E-state index in [0.717, 1.165) is 5.56 Å². The first-order chi connectivity index (χ1) is 18.4. The van der Waals surface area contributed by atoms with E-state index >= 15 is 0 Å². The van der Waals surface area contributed by atoms with Gasteiger partial charge in [0.25, 0.3) is 0 Å². The molecule has 0 aliphatic carbocycles. The molecule has 9 nitrogen and oxygen atoms in total. The topological polar surface area (TPSA) is 109 Å². The maximum atomic E-state index is 13.7. The number of methoxy groups -OCH3 is 2. The summed E-state index contributed by atoms with van der Waals surface area (Å²) in [5.41, 5.74) is 1.36. The Hall–Kier alpha value is -4.25. The minimum atomic E-state index is -4.13. The molecule has 3 aromatic carbocycles. The third-order valence-electron chi connectivity index (χ3n) is 5.91. The van der Waals surface area contributed by atoms with Gasteiger partial charge in [-0.05, 0) is 60.5 Å². The highest BCUT2D eigenvalue weighted by atomic mass is 32.2. The van der Waals surface area contributed by atoms with Crippen molar-refractivity contribution in [3.8, 4) is 34.5 Å². The van der Waals surface area contributed by atoms with E-state index in [9.17, 15) is 12.8 Å². The molecule has 11 heteroatoms. The van der Waals surface area contributed by atoms with Gasteiger partial charge in [-0.25, -0.2) is 12.8 Å². The highest BCUT2D eigenvalue weighted by molar-refractivity contribution is 7.91. The number of hydrogen-bond acceptors (Lipinski definition) is 9. The van der Waals surface area contributed by atoms with Crippen molar-refractivity contribution in [2.45, 2.75) is 16.3 Å². The zero-order chi connectivity index (χ0) is 26.7. The van der Waals surface area contributed by atoms with E-state index in [1.807, 2.05) is 12.1 Å². The lowest BCUT2D eigenvalue weighted by Gasteiger charge is -2.18. The molecule has 0 radical (unpaired) electrons. The lowest BCUT2D eigenvalue weighted by Crippen LogP contribution is -2.16. The van der Waals surface area contributed by atoms with Crippen molar-refractivity contribution in [1.82, 2.24) is 4.98 Å². The summed E-state index contributed by atoms with van der Waals surface area (Å²) in [6.07, 6.45) is 0.524. The molecule has 1 aromatic heterocycles. The van der Waals surface area contributed by atoms with E-state index in [-0.39, 0.29) is 21.7 Å². The molecule has 38 heavy (non-hydrogen) atoms. The van der Waals surface area contributed by atoms with Gasteiger partial charge in [-0.2, -0.15) is 4.98 Å². The van der Waals surface area contributed by atoms with Gasteiger partial charge in [0, 0.05) is 18.2 Å². The molecule has 1 aliphatic rings. The van der Waals surface area contributed by atoms with Crippen molar-refractivity contribution in [2.24, 2.45) is 0 Å². The highest BCUT2D eigenvalue weighted by Crippen LogP contribution is 2.37. The van der Waals surface area contributed by atoms with Crippen molar-refractivity contribution in [3.63, 3.8) is 0 Å². The Bertz CT molecular complexity index is 1550. The summed E-state index contributed by atoms with van der Waals surface area (Å²) < 4.78 is 68.4. The molecule has 0 unspecified atom stereocenters. The Balaban J connectivity index is 1.46. The van der Waals surface area contributed by atoms with E-state index in [1.165, 1.54) is 36.4 Å². The van der Waals surface area contributed by atoms with Crippen molar-refractivity contribution in [2.75, 3.05) is 39.3 Å². The number of anilines is 1. The van der Waals surface area contributed by atoms with Crippen LogP contribution in [0, 0.1) is 5.82 Å². The maximum absolute atomic E-state index is 13.7. The zero-order valence-corrected chi connectivity index (χ0v) is 21.5. The fourth-order valence-electron chi connectivity index (χ4n) is 3.97. The summed E-state index contributed by atoms with van der Waals surface area (Å²) in [7, 11) is -1.01. The summed E-state index contributed by atoms with van der Waals surface area (Å²) in [6.45, 7) is 1.03. The molecule has 0 saturated carbocycles. The number of benzene rings is 3. The molecule has 1 aliphatic heterocycles. The summed E-state index contributed by atoms with van der Waals surface area (Å²) in [4.78, 5) is 4.27. The van der Waals surface area contributed by atoms with E-state index < -0.39 is 15.7 Å². The monoisotopic (exact) mass is 540 g/mol. The predicted octanol–water partition coefficient (Wildman–Crippen LogP) is 4.76. The molecule has 198 valence electrons. The number of aromatic nitrogens is 1. The van der Waals surface area contributed by atoms with Gasteiger partial charge in [0.15, 0.2) is 23.0 Å². The average molecular weight is 541 g/mol. The average Bonchev–Trinajstić information content (AvgIpc) is 3.38. The molecule has 0 bridgehead atoms. The van der Waals surface area contributed by atoms with Gasteiger partial charge in [-0.15, -0.1) is 0 Å². The van der Waals surface area contributed by atoms with Crippen LogP contribution in [0.25, 0.3) is 11.5 Å². The Morgan fingerprint density at radius 1 is 0.921 bits per heavy atom. The van der Waals surface area contributed by atoms with Crippen LogP contribution in [0.4, 0.5) is 10.3 Å². The van der Waals surface area contributed by atoms with Gasteiger partial charge in [-0.1, -0.05) is 6.07 Å². The second kappa shape index (κ2) is 10.6. The summed E-state index contributed by atoms with van der Waals surface area (Å²) >= 11 is 0. The third kappa shape index (κ3) is 5.10. The first-order valence-electron chi connectivity index (χ1n) is 11.8. The number of ether oxygens (including phenoxy) is 4. The highest BCUT2D eigenvalue weighted by Gasteiger charge is 2.30. The lowest BCUT2D eigenvalue weighted by atomic mass is 10.1. The van der Waals surface area contributed by atoms with Crippen molar-refractivity contribution < 1.29 is 36.2 Å². The van der Waals surface area contributed by atoms with Crippen molar-refractivity contribution in [1.29, 1.82) is 0 Å². The minimum absolute atomic E-state index is 0.0244. The summed E-state index contributed by atoms with van der Waals surface area (Å²) in [5.74, 6) is 1.58. The maximum Gasteiger partial charge on any atom is 0.233 e. The van der Waals surface area contributed by atoms with Gasteiger partial charge in [-0.3, -0.25) is 0 Å². The van der Waals surface area contributed by atoms with Crippen LogP contribution < -0.4 is 24.3 Å². The van der Waals surface area contributed by atoms with E-state index in [0.29, 0.717) is 54.7 Å². The van der Waals surface area contributed by atoms with Gasteiger partial charge < -0.3 is 28.7 Å². The summed E-state index contributed by atoms with van der Waals surface area (Å²) in [6, 6.07) is 15.4. The van der Waals surface area contributed by atoms with Crippen LogP contribution in [0.5, 0.6) is 23.0 Å². The molecule has 5 rings (SSSR count). The Labute approximate surface area is 219 Å². The van der Waals surface area contributed by atoms with Gasteiger partial charge in [0.2, 0.25) is 26.6 Å². The number of sulfone groups is 1. The van der Waals surface area contributed by atoms with E-state index in [2.05, 4.69) is 10.3 Å². The molecule has 0 fully saturated rings. The smallest absolute Gasteiger partial charge is 0.233 e. The Morgan fingerprint density at radius 2 is 1.66 bits per heavy atom. The van der Waals surface area contributed by atoms with Gasteiger partial charge >= 0.3 is 0 Å². The fraction of sp³-hybridized carbons (Fsp3) is 0.222. The molecule has 0 amide bonds. The fourth-order valence-corrected chi connectivity index (χ4v) is 5.27. The molecule has 2 heterocycles. The van der Waals surface area contributed by atoms with Crippen LogP contribution in [-0.4, -0.2) is 47.4 Å². The Kier molecular flexibility index (Phi) is 7.10. The van der Waals surface area contributed by atoms with E-state index in [1.54, 1.807) is 26.4 Å². The number of nitrogens with zero attached hydrogens (tertiary/aromatic N) is 1. The van der Waals surface area contributed by atoms with Crippen LogP contribution in [0.1, 0.15) is 5.56 Å². The third-order valence-corrected chi connectivity index (χ3v) is 7.57. The Morgan fingerprint density at radius 3 is 2.39 bits per heavy atom. The summed E-state index contributed by atoms with van der Waals surface area (Å²) in [5, 5.41) is 2.77. The van der Waals surface area contributed by atoms with Gasteiger partial charge in [0.1, 0.15) is 19.0 Å². The molecule has 0 saturated heterocycles. The predicted molar refractivity (Wildman–Crippen MR) is 137 cm³/mol. The number of halogens is 1. The first-order valence-corrected chi connectivity index (χ1v) is 13.2. The number of nitrogens with one attached hydrogen (secondary N) is 1. The van der Waals surface area contributed by atoms with Crippen LogP contribution >= 0.6 is 0 Å². The molecule has 0 spiro atoms. The molecular formula is C27H25FN2O7S. The van der Waals surface area contributed by atoms with Gasteiger partial charge in [0.05, 0.1) is 19.1 Å². The first kappa shape index (κ1) is 25.4. The quantitative estimate of drug-likeness (QED) is 0.321. The lowest BCUT2D eigenvalue weighted by molar-refractivity contribution is 0.171. The zero-order valence-electron chi connectivity index (χ0n) is 20.7. The minimum Gasteiger partial charge on any atom is -0.493 e. The molecular weight excluding hydrogens is 515 g/mol.